The Bertz CT molecular complexity index is 1320. The zero-order chi connectivity index (χ0) is 22.8. The Morgan fingerprint density at radius 1 is 1.16 bits per heavy atom. The summed E-state index contributed by atoms with van der Waals surface area (Å²) in [4.78, 5) is 13.7. The molecule has 4 rings (SSSR count). The van der Waals surface area contributed by atoms with Gasteiger partial charge in [0.15, 0.2) is 11.3 Å². The fraction of sp³-hybridized carbons (Fsp3) is 0.375. The van der Waals surface area contributed by atoms with Crippen molar-refractivity contribution in [3.63, 3.8) is 0 Å². The van der Waals surface area contributed by atoms with Crippen LogP contribution in [-0.2, 0) is 11.8 Å². The minimum absolute atomic E-state index is 0.00242. The predicted octanol–water partition coefficient (Wildman–Crippen LogP) is 4.64. The van der Waals surface area contributed by atoms with Crippen LogP contribution in [0.2, 0.25) is 0 Å². The number of methoxy groups -OCH3 is 1. The number of fused-ring (bicyclic) bond motifs is 4. The molecule has 0 saturated carbocycles. The third-order valence-electron chi connectivity index (χ3n) is 6.23. The van der Waals surface area contributed by atoms with Crippen molar-refractivity contribution >= 4 is 21.9 Å². The zero-order valence-electron chi connectivity index (χ0n) is 18.4. The van der Waals surface area contributed by atoms with E-state index in [1.54, 1.807) is 0 Å². The van der Waals surface area contributed by atoms with Crippen LogP contribution in [0.25, 0.3) is 21.9 Å². The number of hydrogen-bond acceptors (Lipinski definition) is 7. The van der Waals surface area contributed by atoms with E-state index in [0.29, 0.717) is 11.3 Å². The highest BCUT2D eigenvalue weighted by molar-refractivity contribution is 6.01. The zero-order valence-corrected chi connectivity index (χ0v) is 18.4. The third-order valence-corrected chi connectivity index (χ3v) is 6.23. The topological polar surface area (TPSA) is 109 Å². The van der Waals surface area contributed by atoms with Crippen molar-refractivity contribution in [1.29, 1.82) is 0 Å². The van der Waals surface area contributed by atoms with Gasteiger partial charge in [-0.15, -0.1) is 0 Å². The van der Waals surface area contributed by atoms with Gasteiger partial charge >= 0.3 is 0 Å². The van der Waals surface area contributed by atoms with Crippen LogP contribution in [0.5, 0.6) is 28.7 Å². The van der Waals surface area contributed by atoms with Gasteiger partial charge in [0, 0.05) is 22.6 Å². The molecule has 0 bridgehead atoms. The second kappa shape index (κ2) is 6.83. The molecule has 1 atom stereocenters. The molecule has 0 radical (unpaired) electrons. The summed E-state index contributed by atoms with van der Waals surface area (Å²) >= 11 is 0. The van der Waals surface area contributed by atoms with Gasteiger partial charge in [0.25, 0.3) is 0 Å². The number of allylic oxidation sites excluding steroid dienone is 2. The van der Waals surface area contributed by atoms with Crippen molar-refractivity contribution < 1.29 is 29.2 Å². The molecule has 0 amide bonds. The Labute approximate surface area is 179 Å². The fourth-order valence-corrected chi connectivity index (χ4v) is 4.17. The molecule has 2 aromatic carbocycles. The van der Waals surface area contributed by atoms with Gasteiger partial charge in [-0.1, -0.05) is 25.5 Å². The van der Waals surface area contributed by atoms with Gasteiger partial charge in [0.05, 0.1) is 12.5 Å². The van der Waals surface area contributed by atoms with Crippen molar-refractivity contribution in [2.75, 3.05) is 7.11 Å². The highest BCUT2D eigenvalue weighted by Crippen LogP contribution is 2.51. The number of rotatable bonds is 3. The monoisotopic (exact) mass is 426 g/mol. The van der Waals surface area contributed by atoms with E-state index in [0.717, 1.165) is 5.57 Å². The number of phenols is 3. The molecule has 7 heteroatoms. The summed E-state index contributed by atoms with van der Waals surface area (Å²) in [6.07, 6.45) is 1.80. The first-order chi connectivity index (χ1) is 14.5. The highest BCUT2D eigenvalue weighted by Gasteiger charge is 2.42. The molecule has 3 N–H and O–H groups in total. The molecule has 31 heavy (non-hydrogen) atoms. The lowest BCUT2D eigenvalue weighted by molar-refractivity contribution is 0.185. The predicted molar refractivity (Wildman–Crippen MR) is 118 cm³/mol. The molecule has 0 saturated heterocycles. The molecule has 0 aliphatic carbocycles. The van der Waals surface area contributed by atoms with Crippen LogP contribution in [0.1, 0.15) is 45.7 Å². The molecular weight excluding hydrogens is 400 g/mol. The Morgan fingerprint density at radius 3 is 2.45 bits per heavy atom. The maximum absolute atomic E-state index is 13.7. The summed E-state index contributed by atoms with van der Waals surface area (Å²) in [6.45, 7) is 9.62. The molecule has 0 fully saturated rings. The minimum atomic E-state index is -0.516. The first kappa shape index (κ1) is 20.9. The van der Waals surface area contributed by atoms with Gasteiger partial charge in [-0.25, -0.2) is 0 Å². The summed E-state index contributed by atoms with van der Waals surface area (Å²) in [7, 11) is 1.32. The number of ether oxygens (including phenoxy) is 2. The first-order valence-corrected chi connectivity index (χ1v) is 10.1. The van der Waals surface area contributed by atoms with Gasteiger partial charge in [-0.05, 0) is 27.2 Å². The Balaban J connectivity index is 2.26. The summed E-state index contributed by atoms with van der Waals surface area (Å²) < 4.78 is 17.4. The molecule has 164 valence electrons. The molecule has 2 heterocycles. The van der Waals surface area contributed by atoms with E-state index in [1.807, 2.05) is 40.7 Å². The van der Waals surface area contributed by atoms with E-state index >= 15 is 0 Å². The summed E-state index contributed by atoms with van der Waals surface area (Å²) in [6, 6.07) is 1.43. The van der Waals surface area contributed by atoms with Crippen LogP contribution in [0.3, 0.4) is 0 Å². The molecule has 1 aliphatic rings. The molecule has 7 nitrogen and oxygen atoms in total. The van der Waals surface area contributed by atoms with Gasteiger partial charge < -0.3 is 29.2 Å². The molecule has 0 unspecified atom stereocenters. The average molecular weight is 426 g/mol. The molecule has 1 aliphatic heterocycles. The van der Waals surface area contributed by atoms with Crippen LogP contribution in [0, 0.1) is 0 Å². The standard InChI is InChI=1S/C24H26O7/c1-10(2)7-8-12-15-19(27)16-13(25)9-14-17(24(4,5)11(3)30-14)21(16)31-22(15)23(29-6)20(28)18(12)26/h7,9,11,25-26,28H,8H2,1-6H3/t11-/m0/s1. The van der Waals surface area contributed by atoms with Crippen molar-refractivity contribution in [2.45, 2.75) is 52.6 Å². The third kappa shape index (κ3) is 2.83. The normalized spacial score (nSPS) is 16.9. The highest BCUT2D eigenvalue weighted by atomic mass is 16.5. The molecule has 1 aromatic heterocycles. The first-order valence-electron chi connectivity index (χ1n) is 10.1. The van der Waals surface area contributed by atoms with Crippen LogP contribution in [0.4, 0.5) is 0 Å². The van der Waals surface area contributed by atoms with Gasteiger partial charge in [0.2, 0.25) is 16.9 Å². The van der Waals surface area contributed by atoms with Crippen LogP contribution in [0.15, 0.2) is 26.9 Å². The van der Waals surface area contributed by atoms with Gasteiger partial charge in [-0.3, -0.25) is 4.79 Å². The lowest BCUT2D eigenvalue weighted by Crippen LogP contribution is -2.29. The second-order valence-corrected chi connectivity index (χ2v) is 8.78. The van der Waals surface area contributed by atoms with Crippen LogP contribution in [-0.4, -0.2) is 28.5 Å². The largest absolute Gasteiger partial charge is 0.507 e. The van der Waals surface area contributed by atoms with Crippen molar-refractivity contribution in [1.82, 2.24) is 0 Å². The summed E-state index contributed by atoms with van der Waals surface area (Å²) in [5.74, 6) is -0.929. The van der Waals surface area contributed by atoms with Crippen molar-refractivity contribution in [3.05, 3.63) is 39.1 Å². The lowest BCUT2D eigenvalue weighted by Gasteiger charge is -2.23. The van der Waals surface area contributed by atoms with E-state index in [-0.39, 0.29) is 51.5 Å². The fourth-order valence-electron chi connectivity index (χ4n) is 4.17. The SMILES string of the molecule is COc1c(O)c(O)c(CC=C(C)C)c2c(=O)c3c(O)cc4c(c3oc12)C(C)(C)[C@H](C)O4. The summed E-state index contributed by atoms with van der Waals surface area (Å²) in [5.41, 5.74) is 1.01. The minimum Gasteiger partial charge on any atom is -0.507 e. The van der Waals surface area contributed by atoms with Crippen molar-refractivity contribution in [2.24, 2.45) is 0 Å². The number of hydrogen-bond donors (Lipinski definition) is 3. The molecular formula is C24H26O7. The average Bonchev–Trinajstić information content (AvgIpc) is 2.90. The molecule has 0 spiro atoms. The van der Waals surface area contributed by atoms with E-state index in [2.05, 4.69) is 0 Å². The number of aromatic hydroxyl groups is 3. The lowest BCUT2D eigenvalue weighted by atomic mass is 9.80. The Hall–Kier alpha value is -3.35. The van der Waals surface area contributed by atoms with E-state index < -0.39 is 22.3 Å². The van der Waals surface area contributed by atoms with Crippen LogP contribution < -0.4 is 14.9 Å². The second-order valence-electron chi connectivity index (χ2n) is 8.78. The summed E-state index contributed by atoms with van der Waals surface area (Å²) in [5, 5.41) is 32.0. The van der Waals surface area contributed by atoms with Crippen LogP contribution >= 0.6 is 0 Å². The van der Waals surface area contributed by atoms with E-state index in [4.69, 9.17) is 13.9 Å². The maximum Gasteiger partial charge on any atom is 0.208 e. The molecule has 3 aromatic rings. The van der Waals surface area contributed by atoms with Crippen molar-refractivity contribution in [3.8, 4) is 28.7 Å². The Morgan fingerprint density at radius 2 is 1.84 bits per heavy atom. The quantitative estimate of drug-likeness (QED) is 0.318. The number of benzene rings is 2. The van der Waals surface area contributed by atoms with Gasteiger partial charge in [0.1, 0.15) is 28.6 Å². The number of phenolic OH excluding ortho intramolecular Hbond substituents is 3. The smallest absolute Gasteiger partial charge is 0.208 e. The Kier molecular flexibility index (Phi) is 4.61. The maximum atomic E-state index is 13.7. The van der Waals surface area contributed by atoms with E-state index in [9.17, 15) is 20.1 Å². The van der Waals surface area contributed by atoms with Gasteiger partial charge in [-0.2, -0.15) is 0 Å². The van der Waals surface area contributed by atoms with E-state index in [1.165, 1.54) is 13.2 Å².